The molecule has 1 amide bonds. The van der Waals surface area contributed by atoms with Crippen LogP contribution in [0.25, 0.3) is 0 Å². The fraction of sp³-hybridized carbons (Fsp3) is 0.238. The molecule has 29 heavy (non-hydrogen) atoms. The van der Waals surface area contributed by atoms with Crippen LogP contribution in [0.5, 0.6) is 0 Å². The molecule has 1 aromatic carbocycles. The summed E-state index contributed by atoms with van der Waals surface area (Å²) in [5.74, 6) is 0.0128. The molecule has 6 nitrogen and oxygen atoms in total. The molecule has 1 aliphatic rings. The van der Waals surface area contributed by atoms with Crippen molar-refractivity contribution in [2.75, 3.05) is 11.1 Å². The minimum atomic E-state index is -0.297. The number of halogens is 1. The van der Waals surface area contributed by atoms with Crippen LogP contribution < -0.4 is 11.0 Å². The lowest BCUT2D eigenvalue weighted by atomic mass is 10.2. The van der Waals surface area contributed by atoms with Crippen LogP contribution in [-0.2, 0) is 24.2 Å². The molecular weight excluding hydrogens is 408 g/mol. The van der Waals surface area contributed by atoms with Crippen LogP contribution in [0.15, 0.2) is 58.5 Å². The number of carbonyl (C=O) groups is 1. The summed E-state index contributed by atoms with van der Waals surface area (Å²) in [4.78, 5) is 33.6. The van der Waals surface area contributed by atoms with E-state index in [1.807, 2.05) is 18.2 Å². The highest BCUT2D eigenvalue weighted by molar-refractivity contribution is 8.00. The van der Waals surface area contributed by atoms with Crippen LogP contribution in [0.1, 0.15) is 23.4 Å². The lowest BCUT2D eigenvalue weighted by molar-refractivity contribution is -0.113. The SMILES string of the molecule is O=C(CSc1nc(=O)n(Cc2ccccn2)c2c1CCC2)Nc1cccc(Cl)c1. The van der Waals surface area contributed by atoms with Crippen molar-refractivity contribution >= 4 is 35.0 Å². The maximum absolute atomic E-state index is 12.7. The summed E-state index contributed by atoms with van der Waals surface area (Å²) in [6.07, 6.45) is 4.40. The van der Waals surface area contributed by atoms with Crippen molar-refractivity contribution in [3.05, 3.63) is 81.1 Å². The van der Waals surface area contributed by atoms with E-state index in [9.17, 15) is 9.59 Å². The van der Waals surface area contributed by atoms with Gasteiger partial charge in [-0.05, 0) is 49.6 Å². The Bertz CT molecular complexity index is 1100. The Morgan fingerprint density at radius 3 is 2.90 bits per heavy atom. The summed E-state index contributed by atoms with van der Waals surface area (Å²) in [5.41, 5.74) is 3.25. The Kier molecular flexibility index (Phi) is 5.97. The quantitative estimate of drug-likeness (QED) is 0.481. The van der Waals surface area contributed by atoms with Gasteiger partial charge < -0.3 is 5.32 Å². The van der Waals surface area contributed by atoms with Crippen LogP contribution in [0, 0.1) is 0 Å². The zero-order valence-electron chi connectivity index (χ0n) is 15.6. The van der Waals surface area contributed by atoms with Crippen LogP contribution in [0.2, 0.25) is 5.02 Å². The number of aromatic nitrogens is 3. The predicted molar refractivity (Wildman–Crippen MR) is 115 cm³/mol. The van der Waals surface area contributed by atoms with Crippen LogP contribution in [0.3, 0.4) is 0 Å². The first-order chi connectivity index (χ1) is 14.1. The first-order valence-electron chi connectivity index (χ1n) is 9.31. The first-order valence-corrected chi connectivity index (χ1v) is 10.7. The van der Waals surface area contributed by atoms with Crippen LogP contribution in [0.4, 0.5) is 5.69 Å². The van der Waals surface area contributed by atoms with E-state index in [-0.39, 0.29) is 17.3 Å². The van der Waals surface area contributed by atoms with Crippen molar-refractivity contribution in [2.45, 2.75) is 30.8 Å². The molecule has 0 spiro atoms. The van der Waals surface area contributed by atoms with E-state index in [4.69, 9.17) is 11.6 Å². The summed E-state index contributed by atoms with van der Waals surface area (Å²) < 4.78 is 1.71. The number of hydrogen-bond acceptors (Lipinski definition) is 5. The average molecular weight is 427 g/mol. The molecule has 0 atom stereocenters. The van der Waals surface area contributed by atoms with Crippen molar-refractivity contribution in [1.82, 2.24) is 14.5 Å². The van der Waals surface area contributed by atoms with Gasteiger partial charge in [0.05, 0.1) is 18.0 Å². The molecule has 0 saturated carbocycles. The summed E-state index contributed by atoms with van der Waals surface area (Å²) in [6, 6.07) is 12.7. The minimum Gasteiger partial charge on any atom is -0.325 e. The van der Waals surface area contributed by atoms with Crippen molar-refractivity contribution in [1.29, 1.82) is 0 Å². The van der Waals surface area contributed by atoms with Gasteiger partial charge in [0, 0.05) is 28.2 Å². The number of anilines is 1. The normalized spacial score (nSPS) is 12.6. The number of amides is 1. The highest BCUT2D eigenvalue weighted by Crippen LogP contribution is 2.29. The van der Waals surface area contributed by atoms with E-state index in [0.29, 0.717) is 22.3 Å². The van der Waals surface area contributed by atoms with Crippen molar-refractivity contribution in [3.8, 4) is 0 Å². The maximum atomic E-state index is 12.7. The van der Waals surface area contributed by atoms with Crippen LogP contribution >= 0.6 is 23.4 Å². The largest absolute Gasteiger partial charge is 0.349 e. The standard InChI is InChI=1S/C21H19ClN4O2S/c22-14-5-3-7-15(11-14)24-19(27)13-29-20-17-8-4-9-18(17)26(21(28)25-20)12-16-6-1-2-10-23-16/h1-3,5-7,10-11H,4,8-9,12-13H2,(H,24,27). The highest BCUT2D eigenvalue weighted by Gasteiger charge is 2.22. The van der Waals surface area contributed by atoms with E-state index in [2.05, 4.69) is 15.3 Å². The molecule has 0 unspecified atom stereocenters. The lowest BCUT2D eigenvalue weighted by Gasteiger charge is -2.14. The Morgan fingerprint density at radius 1 is 1.21 bits per heavy atom. The molecule has 0 saturated heterocycles. The Hall–Kier alpha value is -2.64. The van der Waals surface area contributed by atoms with Gasteiger partial charge in [0.25, 0.3) is 0 Å². The van der Waals surface area contributed by atoms with Gasteiger partial charge in [-0.3, -0.25) is 14.3 Å². The number of carbonyl (C=O) groups excluding carboxylic acids is 1. The number of rotatable bonds is 6. The molecule has 1 N–H and O–H groups in total. The van der Waals surface area contributed by atoms with Crippen molar-refractivity contribution in [2.24, 2.45) is 0 Å². The smallest absolute Gasteiger partial charge is 0.325 e. The number of pyridine rings is 1. The molecule has 3 aromatic rings. The summed E-state index contributed by atoms with van der Waals surface area (Å²) in [6.45, 7) is 0.412. The Balaban J connectivity index is 1.50. The number of thioether (sulfide) groups is 1. The molecular formula is C21H19ClN4O2S. The Morgan fingerprint density at radius 2 is 2.10 bits per heavy atom. The van der Waals surface area contributed by atoms with Crippen molar-refractivity contribution < 1.29 is 4.79 Å². The molecule has 0 aliphatic heterocycles. The Labute approximate surface area is 177 Å². The number of hydrogen-bond donors (Lipinski definition) is 1. The van der Waals surface area contributed by atoms with Gasteiger partial charge in [0.2, 0.25) is 5.91 Å². The lowest BCUT2D eigenvalue weighted by Crippen LogP contribution is -2.28. The van der Waals surface area contributed by atoms with Gasteiger partial charge in [-0.15, -0.1) is 0 Å². The number of nitrogens with one attached hydrogen (secondary N) is 1. The number of fused-ring (bicyclic) bond motifs is 1. The molecule has 0 fully saturated rings. The monoisotopic (exact) mass is 426 g/mol. The number of nitrogens with zero attached hydrogens (tertiary/aromatic N) is 3. The molecule has 0 radical (unpaired) electrons. The third-order valence-corrected chi connectivity index (χ3v) is 5.95. The van der Waals surface area contributed by atoms with Gasteiger partial charge in [-0.1, -0.05) is 35.5 Å². The molecule has 2 heterocycles. The van der Waals surface area contributed by atoms with Gasteiger partial charge in [-0.2, -0.15) is 4.98 Å². The zero-order chi connectivity index (χ0) is 20.2. The third-order valence-electron chi connectivity index (χ3n) is 4.70. The zero-order valence-corrected chi connectivity index (χ0v) is 17.2. The first kappa shape index (κ1) is 19.7. The fourth-order valence-corrected chi connectivity index (χ4v) is 4.49. The number of benzene rings is 1. The maximum Gasteiger partial charge on any atom is 0.349 e. The van der Waals surface area contributed by atoms with E-state index in [0.717, 1.165) is 36.2 Å². The van der Waals surface area contributed by atoms with Gasteiger partial charge in [-0.25, -0.2) is 4.79 Å². The van der Waals surface area contributed by atoms with Gasteiger partial charge >= 0.3 is 5.69 Å². The third kappa shape index (κ3) is 4.68. The second-order valence-electron chi connectivity index (χ2n) is 6.73. The summed E-state index contributed by atoms with van der Waals surface area (Å²) >= 11 is 7.25. The van der Waals surface area contributed by atoms with Crippen molar-refractivity contribution in [3.63, 3.8) is 0 Å². The second-order valence-corrected chi connectivity index (χ2v) is 8.13. The van der Waals surface area contributed by atoms with Gasteiger partial charge in [0.15, 0.2) is 0 Å². The summed E-state index contributed by atoms with van der Waals surface area (Å²) in [7, 11) is 0. The predicted octanol–water partition coefficient (Wildman–Crippen LogP) is 3.56. The fourth-order valence-electron chi connectivity index (χ4n) is 3.42. The van der Waals surface area contributed by atoms with E-state index in [1.54, 1.807) is 35.0 Å². The van der Waals surface area contributed by atoms with Gasteiger partial charge in [0.1, 0.15) is 5.03 Å². The summed E-state index contributed by atoms with van der Waals surface area (Å²) in [5, 5.41) is 4.03. The molecule has 0 bridgehead atoms. The second kappa shape index (κ2) is 8.80. The van der Waals surface area contributed by atoms with E-state index < -0.39 is 0 Å². The molecule has 2 aromatic heterocycles. The highest BCUT2D eigenvalue weighted by atomic mass is 35.5. The average Bonchev–Trinajstić information content (AvgIpc) is 3.19. The van der Waals surface area contributed by atoms with E-state index in [1.165, 1.54) is 11.8 Å². The minimum absolute atomic E-state index is 0.163. The molecule has 148 valence electrons. The topological polar surface area (TPSA) is 76.9 Å². The van der Waals surface area contributed by atoms with Crippen LogP contribution in [-0.4, -0.2) is 26.2 Å². The molecule has 1 aliphatic carbocycles. The van der Waals surface area contributed by atoms with E-state index >= 15 is 0 Å². The molecule has 4 rings (SSSR count). The molecule has 8 heteroatoms.